The Bertz CT molecular complexity index is 1910. The standard InChI is InChI=1S/C43H35N/c1-4-12-31(13-5-1)32-20-25-37(26-21-32)44-38-27-22-33(23-28-38)34-24-29-40-39-18-10-11-19-41(39)43(42(40)30-34,35-14-6-2-7-15-35)36-16-8-3-9-17-36/h2-3,6-12,14-30,44H,1,4-5,13H2. The van der Waals surface area contributed by atoms with Crippen molar-refractivity contribution in [1.82, 2.24) is 0 Å². The summed E-state index contributed by atoms with van der Waals surface area (Å²) < 4.78 is 0. The molecule has 0 bridgehead atoms. The van der Waals surface area contributed by atoms with E-state index < -0.39 is 0 Å². The van der Waals surface area contributed by atoms with Crippen LogP contribution in [0.15, 0.2) is 158 Å². The van der Waals surface area contributed by atoms with E-state index in [-0.39, 0.29) is 5.41 Å². The SMILES string of the molecule is C1=C(c2ccc(Nc3ccc(-c4ccc5c(c4)C(c4ccccc4)(c4ccccc4)c4ccccc4-5)cc3)cc2)CCCC1. The first-order chi connectivity index (χ1) is 21.8. The Hall–Kier alpha value is -5.14. The number of hydrogen-bond donors (Lipinski definition) is 1. The Kier molecular flexibility index (Phi) is 6.72. The van der Waals surface area contributed by atoms with Crippen molar-refractivity contribution in [1.29, 1.82) is 0 Å². The van der Waals surface area contributed by atoms with Crippen molar-refractivity contribution in [3.63, 3.8) is 0 Å². The van der Waals surface area contributed by atoms with E-state index in [1.54, 1.807) is 0 Å². The van der Waals surface area contributed by atoms with E-state index in [4.69, 9.17) is 0 Å². The summed E-state index contributed by atoms with van der Waals surface area (Å²) in [4.78, 5) is 0. The number of rotatable bonds is 6. The zero-order valence-corrected chi connectivity index (χ0v) is 24.8. The predicted molar refractivity (Wildman–Crippen MR) is 185 cm³/mol. The lowest BCUT2D eigenvalue weighted by Gasteiger charge is -2.34. The van der Waals surface area contributed by atoms with Gasteiger partial charge in [0.15, 0.2) is 0 Å². The zero-order valence-electron chi connectivity index (χ0n) is 24.8. The van der Waals surface area contributed by atoms with Crippen LogP contribution >= 0.6 is 0 Å². The topological polar surface area (TPSA) is 12.0 Å². The van der Waals surface area contributed by atoms with E-state index in [2.05, 4.69) is 163 Å². The number of hydrogen-bond acceptors (Lipinski definition) is 1. The maximum atomic E-state index is 3.60. The summed E-state index contributed by atoms with van der Waals surface area (Å²) in [6.45, 7) is 0. The summed E-state index contributed by atoms with van der Waals surface area (Å²) in [7, 11) is 0. The molecule has 0 unspecified atom stereocenters. The number of fused-ring (bicyclic) bond motifs is 3. The third-order valence-electron chi connectivity index (χ3n) is 9.51. The van der Waals surface area contributed by atoms with Gasteiger partial charge >= 0.3 is 0 Å². The second-order valence-corrected chi connectivity index (χ2v) is 12.0. The van der Waals surface area contributed by atoms with Gasteiger partial charge in [0.05, 0.1) is 5.41 Å². The van der Waals surface area contributed by atoms with Crippen molar-refractivity contribution in [2.75, 3.05) is 5.32 Å². The second kappa shape index (κ2) is 11.2. The smallest absolute Gasteiger partial charge is 0.0713 e. The van der Waals surface area contributed by atoms with Gasteiger partial charge in [-0.1, -0.05) is 127 Å². The van der Waals surface area contributed by atoms with Crippen molar-refractivity contribution in [3.05, 3.63) is 186 Å². The molecular weight excluding hydrogens is 530 g/mol. The highest BCUT2D eigenvalue weighted by Gasteiger charge is 2.45. The average molecular weight is 566 g/mol. The van der Waals surface area contributed by atoms with E-state index in [9.17, 15) is 0 Å². The molecule has 6 aromatic carbocycles. The molecule has 2 aliphatic carbocycles. The molecule has 0 radical (unpaired) electrons. The van der Waals surface area contributed by atoms with Gasteiger partial charge in [0.2, 0.25) is 0 Å². The van der Waals surface area contributed by atoms with Gasteiger partial charge in [0, 0.05) is 11.4 Å². The molecule has 2 aliphatic rings. The largest absolute Gasteiger partial charge is 0.356 e. The lowest BCUT2D eigenvalue weighted by molar-refractivity contribution is 0.742. The Morgan fingerprint density at radius 3 is 1.66 bits per heavy atom. The van der Waals surface area contributed by atoms with Crippen LogP contribution in [-0.4, -0.2) is 0 Å². The van der Waals surface area contributed by atoms with Crippen LogP contribution < -0.4 is 5.32 Å². The first kappa shape index (κ1) is 26.5. The molecule has 1 heteroatoms. The summed E-state index contributed by atoms with van der Waals surface area (Å²) in [5.41, 5.74) is 15.0. The maximum absolute atomic E-state index is 3.60. The van der Waals surface area contributed by atoms with Gasteiger partial charge in [0.1, 0.15) is 0 Å². The molecule has 0 heterocycles. The van der Waals surface area contributed by atoms with Crippen LogP contribution in [0.25, 0.3) is 27.8 Å². The molecule has 0 atom stereocenters. The molecular formula is C43H35N. The molecule has 0 aromatic heterocycles. The molecule has 1 N–H and O–H groups in total. The van der Waals surface area contributed by atoms with Gasteiger partial charge in [-0.15, -0.1) is 0 Å². The fourth-order valence-electron chi connectivity index (χ4n) is 7.40. The molecule has 0 spiro atoms. The molecule has 0 saturated carbocycles. The monoisotopic (exact) mass is 565 g/mol. The van der Waals surface area contributed by atoms with Gasteiger partial charge in [-0.25, -0.2) is 0 Å². The molecule has 6 aromatic rings. The normalized spacial score (nSPS) is 14.8. The van der Waals surface area contributed by atoms with Crippen LogP contribution in [0.4, 0.5) is 11.4 Å². The van der Waals surface area contributed by atoms with Crippen molar-refractivity contribution in [2.24, 2.45) is 0 Å². The van der Waals surface area contributed by atoms with Gasteiger partial charge in [-0.3, -0.25) is 0 Å². The Labute approximate surface area is 260 Å². The lowest BCUT2D eigenvalue weighted by atomic mass is 9.67. The van der Waals surface area contributed by atoms with Gasteiger partial charge in [-0.2, -0.15) is 0 Å². The summed E-state index contributed by atoms with van der Waals surface area (Å²) in [6.07, 6.45) is 7.43. The molecule has 44 heavy (non-hydrogen) atoms. The number of anilines is 2. The highest BCUT2D eigenvalue weighted by Crippen LogP contribution is 2.56. The molecule has 1 nitrogen and oxygen atoms in total. The highest BCUT2D eigenvalue weighted by molar-refractivity contribution is 5.88. The van der Waals surface area contributed by atoms with E-state index in [1.165, 1.54) is 81.3 Å². The Morgan fingerprint density at radius 1 is 0.455 bits per heavy atom. The first-order valence-electron chi connectivity index (χ1n) is 15.8. The van der Waals surface area contributed by atoms with E-state index >= 15 is 0 Å². The minimum absolute atomic E-state index is 0.383. The van der Waals surface area contributed by atoms with Gasteiger partial charge in [0.25, 0.3) is 0 Å². The molecule has 0 saturated heterocycles. The molecule has 0 fully saturated rings. The average Bonchev–Trinajstić information content (AvgIpc) is 3.40. The number of nitrogens with one attached hydrogen (secondary N) is 1. The molecule has 8 rings (SSSR count). The quantitative estimate of drug-likeness (QED) is 0.211. The minimum atomic E-state index is -0.383. The minimum Gasteiger partial charge on any atom is -0.356 e. The molecule has 212 valence electrons. The third kappa shape index (κ3) is 4.48. The van der Waals surface area contributed by atoms with Crippen LogP contribution in [0.2, 0.25) is 0 Å². The van der Waals surface area contributed by atoms with E-state index in [0.717, 1.165) is 11.4 Å². The fourth-order valence-corrected chi connectivity index (χ4v) is 7.40. The Morgan fingerprint density at radius 2 is 1.02 bits per heavy atom. The van der Waals surface area contributed by atoms with Crippen LogP contribution in [0, 0.1) is 0 Å². The maximum Gasteiger partial charge on any atom is 0.0713 e. The van der Waals surface area contributed by atoms with E-state index in [0.29, 0.717) is 0 Å². The first-order valence-corrected chi connectivity index (χ1v) is 15.8. The van der Waals surface area contributed by atoms with Crippen molar-refractivity contribution < 1.29 is 0 Å². The van der Waals surface area contributed by atoms with E-state index in [1.807, 2.05) is 0 Å². The van der Waals surface area contributed by atoms with Crippen molar-refractivity contribution in [2.45, 2.75) is 31.1 Å². The second-order valence-electron chi connectivity index (χ2n) is 12.0. The number of benzene rings is 6. The number of allylic oxidation sites excluding steroid dienone is 2. The highest BCUT2D eigenvalue weighted by atomic mass is 14.9. The van der Waals surface area contributed by atoms with Crippen molar-refractivity contribution >= 4 is 16.9 Å². The Balaban J connectivity index is 1.16. The summed E-state index contributed by atoms with van der Waals surface area (Å²) in [5, 5.41) is 3.60. The van der Waals surface area contributed by atoms with Crippen molar-refractivity contribution in [3.8, 4) is 22.3 Å². The lowest BCUT2D eigenvalue weighted by Crippen LogP contribution is -2.28. The summed E-state index contributed by atoms with van der Waals surface area (Å²) in [6, 6.07) is 55.7. The molecule has 0 amide bonds. The zero-order chi connectivity index (χ0) is 29.3. The predicted octanol–water partition coefficient (Wildman–Crippen LogP) is 11.4. The van der Waals surface area contributed by atoms with Gasteiger partial charge < -0.3 is 5.32 Å². The fraction of sp³-hybridized carbons (Fsp3) is 0.116. The van der Waals surface area contributed by atoms with Crippen LogP contribution in [0.1, 0.15) is 53.5 Å². The van der Waals surface area contributed by atoms with Crippen LogP contribution in [0.3, 0.4) is 0 Å². The van der Waals surface area contributed by atoms with Gasteiger partial charge in [-0.05, 0) is 112 Å². The third-order valence-corrected chi connectivity index (χ3v) is 9.51. The molecule has 0 aliphatic heterocycles. The summed E-state index contributed by atoms with van der Waals surface area (Å²) >= 11 is 0. The van der Waals surface area contributed by atoms with Crippen LogP contribution in [0.5, 0.6) is 0 Å². The summed E-state index contributed by atoms with van der Waals surface area (Å²) in [5.74, 6) is 0. The van der Waals surface area contributed by atoms with Crippen LogP contribution in [-0.2, 0) is 5.41 Å².